The quantitative estimate of drug-likeness (QED) is 0.944. The minimum atomic E-state index is -0.946. The number of halogens is 2. The number of rotatable bonds is 3. The molecule has 0 aliphatic rings. The number of nitrogens with zero attached hydrogens (tertiary/aromatic N) is 2. The van der Waals surface area contributed by atoms with Crippen LogP contribution >= 0.6 is 23.2 Å². The van der Waals surface area contributed by atoms with Crippen LogP contribution in [-0.4, -0.2) is 22.0 Å². The van der Waals surface area contributed by atoms with Gasteiger partial charge in [0.15, 0.2) is 0 Å². The van der Waals surface area contributed by atoms with E-state index >= 15 is 0 Å². The second kappa shape index (κ2) is 5.18. The van der Waals surface area contributed by atoms with Gasteiger partial charge in [-0.05, 0) is 18.2 Å². The van der Waals surface area contributed by atoms with E-state index in [4.69, 9.17) is 27.9 Å². The fraction of sp³-hybridized carbons (Fsp3) is 0.250. The van der Waals surface area contributed by atoms with Gasteiger partial charge in [-0.2, -0.15) is 5.10 Å². The average Bonchev–Trinajstić information content (AvgIpc) is 2.68. The van der Waals surface area contributed by atoms with Crippen molar-refractivity contribution in [1.82, 2.24) is 9.78 Å². The Hall–Kier alpha value is -1.23. The summed E-state index contributed by atoms with van der Waals surface area (Å²) in [5, 5.41) is 15.3. The molecule has 0 saturated heterocycles. The fourth-order valence-corrected chi connectivity index (χ4v) is 2.24. The number of aliphatic hydroxyl groups excluding tert-OH is 1. The van der Waals surface area contributed by atoms with Crippen LogP contribution in [0.1, 0.15) is 17.4 Å². The minimum absolute atomic E-state index is 0.395. The molecule has 1 unspecified atom stereocenters. The van der Waals surface area contributed by atoms with Crippen molar-refractivity contribution in [2.24, 2.45) is 7.05 Å². The second-order valence-electron chi connectivity index (χ2n) is 3.79. The number of aliphatic hydroxyl groups is 1. The topological polar surface area (TPSA) is 47.3 Å². The van der Waals surface area contributed by atoms with Gasteiger partial charge in [0.05, 0.1) is 24.0 Å². The Morgan fingerprint density at radius 2 is 2.11 bits per heavy atom. The molecule has 1 N–H and O–H groups in total. The molecule has 0 amide bonds. The Morgan fingerprint density at radius 1 is 1.39 bits per heavy atom. The smallest absolute Gasteiger partial charge is 0.126 e. The zero-order chi connectivity index (χ0) is 13.3. The average molecular weight is 287 g/mol. The molecule has 1 heterocycles. The van der Waals surface area contributed by atoms with Crippen molar-refractivity contribution in [3.05, 3.63) is 45.7 Å². The Bertz CT molecular complexity index is 550. The number of hydrogen-bond donors (Lipinski definition) is 1. The molecule has 0 spiro atoms. The molecule has 0 fully saturated rings. The highest BCUT2D eigenvalue weighted by Crippen LogP contribution is 2.34. The van der Waals surface area contributed by atoms with E-state index in [1.807, 2.05) is 0 Å². The SMILES string of the molecule is COc1ccc(Cl)cc1C(O)c1c(Cl)cnn1C. The van der Waals surface area contributed by atoms with Crippen LogP contribution in [0.2, 0.25) is 10.0 Å². The van der Waals surface area contributed by atoms with Crippen LogP contribution in [0, 0.1) is 0 Å². The highest BCUT2D eigenvalue weighted by molar-refractivity contribution is 6.31. The van der Waals surface area contributed by atoms with E-state index in [2.05, 4.69) is 5.10 Å². The van der Waals surface area contributed by atoms with Crippen LogP contribution in [-0.2, 0) is 7.05 Å². The van der Waals surface area contributed by atoms with E-state index < -0.39 is 6.10 Å². The van der Waals surface area contributed by atoms with Gasteiger partial charge >= 0.3 is 0 Å². The number of aryl methyl sites for hydroxylation is 1. The molecule has 18 heavy (non-hydrogen) atoms. The number of aromatic nitrogens is 2. The number of methoxy groups -OCH3 is 1. The molecule has 1 aromatic heterocycles. The highest BCUT2D eigenvalue weighted by atomic mass is 35.5. The maximum absolute atomic E-state index is 10.4. The molecule has 96 valence electrons. The highest BCUT2D eigenvalue weighted by Gasteiger charge is 2.22. The first-order chi connectivity index (χ1) is 8.54. The number of benzene rings is 1. The molecule has 0 aliphatic carbocycles. The Morgan fingerprint density at radius 3 is 2.67 bits per heavy atom. The molecule has 0 radical (unpaired) electrons. The predicted octanol–water partition coefficient (Wildman–Crippen LogP) is 2.82. The molecule has 0 bridgehead atoms. The fourth-order valence-electron chi connectivity index (χ4n) is 1.79. The normalized spacial score (nSPS) is 12.5. The lowest BCUT2D eigenvalue weighted by molar-refractivity contribution is 0.204. The third kappa shape index (κ3) is 2.32. The first-order valence-electron chi connectivity index (χ1n) is 5.23. The van der Waals surface area contributed by atoms with E-state index in [1.54, 1.807) is 25.2 Å². The molecule has 0 aliphatic heterocycles. The standard InChI is InChI=1S/C12H12Cl2N2O2/c1-16-11(9(14)6-15-16)12(17)8-5-7(13)3-4-10(8)18-2/h3-6,12,17H,1-2H3. The maximum atomic E-state index is 10.4. The van der Waals surface area contributed by atoms with Gasteiger partial charge in [0.2, 0.25) is 0 Å². The molecule has 1 aromatic carbocycles. The van der Waals surface area contributed by atoms with Gasteiger partial charge in [-0.1, -0.05) is 23.2 Å². The van der Waals surface area contributed by atoms with Crippen molar-refractivity contribution in [2.75, 3.05) is 7.11 Å². The van der Waals surface area contributed by atoms with Crippen molar-refractivity contribution in [1.29, 1.82) is 0 Å². The maximum Gasteiger partial charge on any atom is 0.126 e. The third-order valence-electron chi connectivity index (χ3n) is 2.68. The van der Waals surface area contributed by atoms with Crippen molar-refractivity contribution < 1.29 is 9.84 Å². The molecule has 4 nitrogen and oxygen atoms in total. The number of hydrogen-bond acceptors (Lipinski definition) is 3. The van der Waals surface area contributed by atoms with Gasteiger partial charge in [0, 0.05) is 17.6 Å². The molecule has 0 saturated carbocycles. The Balaban J connectivity index is 2.51. The van der Waals surface area contributed by atoms with Crippen LogP contribution in [0.5, 0.6) is 5.75 Å². The minimum Gasteiger partial charge on any atom is -0.496 e. The molecule has 2 rings (SSSR count). The summed E-state index contributed by atoms with van der Waals surface area (Å²) in [6.45, 7) is 0. The molecule has 1 atom stereocenters. The van der Waals surface area contributed by atoms with E-state index in [-0.39, 0.29) is 0 Å². The van der Waals surface area contributed by atoms with Gasteiger partial charge in [0.1, 0.15) is 11.9 Å². The summed E-state index contributed by atoms with van der Waals surface area (Å²) in [6, 6.07) is 5.04. The zero-order valence-electron chi connectivity index (χ0n) is 9.89. The lowest BCUT2D eigenvalue weighted by atomic mass is 10.1. The van der Waals surface area contributed by atoms with Gasteiger partial charge in [-0.3, -0.25) is 4.68 Å². The van der Waals surface area contributed by atoms with Crippen LogP contribution in [0.15, 0.2) is 24.4 Å². The summed E-state index contributed by atoms with van der Waals surface area (Å²) >= 11 is 11.9. The molecular formula is C12H12Cl2N2O2. The van der Waals surface area contributed by atoms with E-state index in [0.29, 0.717) is 27.1 Å². The summed E-state index contributed by atoms with van der Waals surface area (Å²) < 4.78 is 6.73. The van der Waals surface area contributed by atoms with Gasteiger partial charge in [-0.25, -0.2) is 0 Å². The first-order valence-corrected chi connectivity index (χ1v) is 5.99. The molecule has 6 heteroatoms. The van der Waals surface area contributed by atoms with E-state index in [1.165, 1.54) is 18.0 Å². The Kier molecular flexibility index (Phi) is 3.80. The number of ether oxygens (including phenoxy) is 1. The summed E-state index contributed by atoms with van der Waals surface area (Å²) in [5.74, 6) is 0.546. The lowest BCUT2D eigenvalue weighted by Gasteiger charge is -2.16. The van der Waals surface area contributed by atoms with Crippen LogP contribution in [0.3, 0.4) is 0 Å². The van der Waals surface area contributed by atoms with Crippen molar-refractivity contribution in [3.63, 3.8) is 0 Å². The third-order valence-corrected chi connectivity index (χ3v) is 3.21. The lowest BCUT2D eigenvalue weighted by Crippen LogP contribution is -2.08. The summed E-state index contributed by atoms with van der Waals surface area (Å²) in [7, 11) is 3.24. The first kappa shape index (κ1) is 13.2. The van der Waals surface area contributed by atoms with Gasteiger partial charge in [0.25, 0.3) is 0 Å². The van der Waals surface area contributed by atoms with Gasteiger partial charge in [-0.15, -0.1) is 0 Å². The van der Waals surface area contributed by atoms with Crippen molar-refractivity contribution >= 4 is 23.2 Å². The summed E-state index contributed by atoms with van der Waals surface area (Å²) in [4.78, 5) is 0. The Labute approximate surface area is 115 Å². The predicted molar refractivity (Wildman–Crippen MR) is 70.3 cm³/mol. The van der Waals surface area contributed by atoms with Crippen LogP contribution < -0.4 is 4.74 Å². The largest absolute Gasteiger partial charge is 0.496 e. The summed E-state index contributed by atoms with van der Waals surface area (Å²) in [5.41, 5.74) is 1.05. The summed E-state index contributed by atoms with van der Waals surface area (Å²) in [6.07, 6.45) is 0.538. The molecule has 2 aromatic rings. The van der Waals surface area contributed by atoms with Gasteiger partial charge < -0.3 is 9.84 Å². The van der Waals surface area contributed by atoms with Crippen LogP contribution in [0.25, 0.3) is 0 Å². The second-order valence-corrected chi connectivity index (χ2v) is 4.63. The van der Waals surface area contributed by atoms with E-state index in [9.17, 15) is 5.11 Å². The van der Waals surface area contributed by atoms with Crippen molar-refractivity contribution in [2.45, 2.75) is 6.10 Å². The molecular weight excluding hydrogens is 275 g/mol. The van der Waals surface area contributed by atoms with E-state index in [0.717, 1.165) is 0 Å². The monoisotopic (exact) mass is 286 g/mol. The van der Waals surface area contributed by atoms with Crippen molar-refractivity contribution in [3.8, 4) is 5.75 Å². The van der Waals surface area contributed by atoms with Crippen LogP contribution in [0.4, 0.5) is 0 Å². The zero-order valence-corrected chi connectivity index (χ0v) is 11.4.